The van der Waals surface area contributed by atoms with Gasteiger partial charge in [-0.1, -0.05) is 30.7 Å². The van der Waals surface area contributed by atoms with Crippen molar-refractivity contribution >= 4 is 0 Å². The second-order valence-electron chi connectivity index (χ2n) is 6.28. The molecule has 90 valence electrons. The highest BCUT2D eigenvalue weighted by atomic mass is 16.3. The van der Waals surface area contributed by atoms with Crippen LogP contribution in [0.4, 0.5) is 0 Å². The standard InChI is InChI=1S/C15H24O/c1-11-7-9-15(10-8-11)12(2)5-6-13(15)14(3,4)16/h7-9,12-13,16H,5-6,10H2,1-4H3/t12-,13+,15-/m1/s1. The smallest absolute Gasteiger partial charge is 0.0628 e. The predicted molar refractivity (Wildman–Crippen MR) is 68.1 cm³/mol. The maximum absolute atomic E-state index is 10.4. The van der Waals surface area contributed by atoms with Gasteiger partial charge in [0.15, 0.2) is 0 Å². The average molecular weight is 220 g/mol. The van der Waals surface area contributed by atoms with Crippen molar-refractivity contribution in [1.29, 1.82) is 0 Å². The molecule has 0 radical (unpaired) electrons. The van der Waals surface area contributed by atoms with Crippen molar-refractivity contribution in [3.8, 4) is 0 Å². The first kappa shape index (κ1) is 11.9. The van der Waals surface area contributed by atoms with Crippen LogP contribution in [-0.4, -0.2) is 10.7 Å². The van der Waals surface area contributed by atoms with E-state index in [1.54, 1.807) is 0 Å². The maximum atomic E-state index is 10.4. The summed E-state index contributed by atoms with van der Waals surface area (Å²) >= 11 is 0. The Hall–Kier alpha value is -0.560. The van der Waals surface area contributed by atoms with Crippen molar-refractivity contribution < 1.29 is 5.11 Å². The van der Waals surface area contributed by atoms with Gasteiger partial charge in [-0.2, -0.15) is 0 Å². The highest BCUT2D eigenvalue weighted by Crippen LogP contribution is 2.56. The molecule has 0 bridgehead atoms. The molecule has 0 saturated heterocycles. The quantitative estimate of drug-likeness (QED) is 0.714. The third-order valence-corrected chi connectivity index (χ3v) is 4.74. The zero-order chi connectivity index (χ0) is 12.0. The molecule has 0 heterocycles. The first-order valence-electron chi connectivity index (χ1n) is 6.44. The second kappa shape index (κ2) is 3.73. The van der Waals surface area contributed by atoms with E-state index in [-0.39, 0.29) is 5.41 Å². The third kappa shape index (κ3) is 1.75. The fraction of sp³-hybridized carbons (Fsp3) is 0.733. The van der Waals surface area contributed by atoms with Gasteiger partial charge >= 0.3 is 0 Å². The van der Waals surface area contributed by atoms with Gasteiger partial charge in [0.25, 0.3) is 0 Å². The van der Waals surface area contributed by atoms with Crippen LogP contribution < -0.4 is 0 Å². The topological polar surface area (TPSA) is 20.2 Å². The van der Waals surface area contributed by atoms with Gasteiger partial charge in [0.1, 0.15) is 0 Å². The van der Waals surface area contributed by atoms with Crippen LogP contribution in [0.5, 0.6) is 0 Å². The van der Waals surface area contributed by atoms with Gasteiger partial charge in [0, 0.05) is 5.41 Å². The van der Waals surface area contributed by atoms with Crippen LogP contribution >= 0.6 is 0 Å². The van der Waals surface area contributed by atoms with Gasteiger partial charge in [0.05, 0.1) is 5.60 Å². The summed E-state index contributed by atoms with van der Waals surface area (Å²) in [5.41, 5.74) is 1.01. The summed E-state index contributed by atoms with van der Waals surface area (Å²) in [6.45, 7) is 8.43. The highest BCUT2D eigenvalue weighted by Gasteiger charge is 2.51. The molecule has 16 heavy (non-hydrogen) atoms. The van der Waals surface area contributed by atoms with E-state index < -0.39 is 5.60 Å². The monoisotopic (exact) mass is 220 g/mol. The molecule has 1 N–H and O–H groups in total. The average Bonchev–Trinajstić information content (AvgIpc) is 2.49. The molecular formula is C15H24O. The van der Waals surface area contributed by atoms with Crippen molar-refractivity contribution in [3.05, 3.63) is 23.8 Å². The van der Waals surface area contributed by atoms with Gasteiger partial charge < -0.3 is 5.11 Å². The second-order valence-corrected chi connectivity index (χ2v) is 6.28. The molecule has 2 aliphatic rings. The van der Waals surface area contributed by atoms with Crippen LogP contribution in [0, 0.1) is 17.3 Å². The molecule has 0 amide bonds. The van der Waals surface area contributed by atoms with E-state index in [0.29, 0.717) is 11.8 Å². The van der Waals surface area contributed by atoms with Crippen molar-refractivity contribution in [2.24, 2.45) is 17.3 Å². The zero-order valence-electron chi connectivity index (χ0n) is 11.0. The first-order valence-corrected chi connectivity index (χ1v) is 6.44. The van der Waals surface area contributed by atoms with Gasteiger partial charge in [-0.05, 0) is 51.9 Å². The van der Waals surface area contributed by atoms with E-state index in [2.05, 4.69) is 32.1 Å². The lowest BCUT2D eigenvalue weighted by Crippen LogP contribution is -2.42. The minimum atomic E-state index is -0.561. The molecule has 2 rings (SSSR count). The summed E-state index contributed by atoms with van der Waals surface area (Å²) in [5, 5.41) is 10.4. The van der Waals surface area contributed by atoms with E-state index in [0.717, 1.165) is 12.8 Å². The SMILES string of the molecule is CC1=CC[C@]2(C=C1)[C@H](C)CC[C@H]2C(C)(C)O. The Morgan fingerprint density at radius 1 is 1.38 bits per heavy atom. The molecule has 1 nitrogen and oxygen atoms in total. The summed E-state index contributed by atoms with van der Waals surface area (Å²) in [6.07, 6.45) is 10.5. The van der Waals surface area contributed by atoms with E-state index in [4.69, 9.17) is 0 Å². The Morgan fingerprint density at radius 2 is 2.06 bits per heavy atom. The number of hydrogen-bond acceptors (Lipinski definition) is 1. The van der Waals surface area contributed by atoms with Crippen LogP contribution in [0.1, 0.15) is 47.0 Å². The minimum absolute atomic E-state index is 0.206. The van der Waals surface area contributed by atoms with Crippen LogP contribution in [-0.2, 0) is 0 Å². The van der Waals surface area contributed by atoms with Crippen molar-refractivity contribution in [1.82, 2.24) is 0 Å². The summed E-state index contributed by atoms with van der Waals surface area (Å²) in [4.78, 5) is 0. The zero-order valence-corrected chi connectivity index (χ0v) is 11.0. The number of rotatable bonds is 1. The minimum Gasteiger partial charge on any atom is -0.390 e. The normalized spacial score (nSPS) is 39.2. The first-order chi connectivity index (χ1) is 7.36. The molecule has 0 aromatic rings. The van der Waals surface area contributed by atoms with Crippen molar-refractivity contribution in [2.75, 3.05) is 0 Å². The largest absolute Gasteiger partial charge is 0.390 e. The van der Waals surface area contributed by atoms with Gasteiger partial charge in [-0.3, -0.25) is 0 Å². The number of aliphatic hydroxyl groups is 1. The van der Waals surface area contributed by atoms with Crippen molar-refractivity contribution in [2.45, 2.75) is 52.6 Å². The summed E-state index contributed by atoms with van der Waals surface area (Å²) in [6, 6.07) is 0. The molecule has 3 atom stereocenters. The van der Waals surface area contributed by atoms with Crippen LogP contribution in [0.25, 0.3) is 0 Å². The molecule has 0 aromatic carbocycles. The molecule has 0 aromatic heterocycles. The van der Waals surface area contributed by atoms with Crippen LogP contribution in [0.2, 0.25) is 0 Å². The molecule has 1 heteroatoms. The summed E-state index contributed by atoms with van der Waals surface area (Å²) in [7, 11) is 0. The maximum Gasteiger partial charge on any atom is 0.0628 e. The molecular weight excluding hydrogens is 196 g/mol. The Morgan fingerprint density at radius 3 is 2.56 bits per heavy atom. The van der Waals surface area contributed by atoms with Crippen molar-refractivity contribution in [3.63, 3.8) is 0 Å². The van der Waals surface area contributed by atoms with Crippen LogP contribution in [0.3, 0.4) is 0 Å². The number of hydrogen-bond donors (Lipinski definition) is 1. The Balaban J connectivity index is 2.33. The lowest BCUT2D eigenvalue weighted by molar-refractivity contribution is -0.0274. The summed E-state index contributed by atoms with van der Waals surface area (Å²) in [5.74, 6) is 1.08. The Bertz CT molecular complexity index is 332. The van der Waals surface area contributed by atoms with E-state index in [1.165, 1.54) is 12.0 Å². The Kier molecular flexibility index (Phi) is 2.78. The fourth-order valence-corrected chi connectivity index (χ4v) is 3.69. The highest BCUT2D eigenvalue weighted by molar-refractivity contribution is 5.28. The molecule has 1 fully saturated rings. The van der Waals surface area contributed by atoms with E-state index >= 15 is 0 Å². The number of allylic oxidation sites excluding steroid dienone is 4. The molecule has 1 saturated carbocycles. The summed E-state index contributed by atoms with van der Waals surface area (Å²) < 4.78 is 0. The van der Waals surface area contributed by atoms with Gasteiger partial charge in [-0.15, -0.1) is 0 Å². The van der Waals surface area contributed by atoms with E-state index in [1.807, 2.05) is 13.8 Å². The fourth-order valence-electron chi connectivity index (χ4n) is 3.69. The lowest BCUT2D eigenvalue weighted by Gasteiger charge is -2.43. The third-order valence-electron chi connectivity index (χ3n) is 4.74. The van der Waals surface area contributed by atoms with Gasteiger partial charge in [-0.25, -0.2) is 0 Å². The van der Waals surface area contributed by atoms with Gasteiger partial charge in [0.2, 0.25) is 0 Å². The van der Waals surface area contributed by atoms with E-state index in [9.17, 15) is 5.11 Å². The van der Waals surface area contributed by atoms with Crippen LogP contribution in [0.15, 0.2) is 23.8 Å². The molecule has 0 unspecified atom stereocenters. The molecule has 0 aliphatic heterocycles. The predicted octanol–water partition coefficient (Wildman–Crippen LogP) is 3.70. The lowest BCUT2D eigenvalue weighted by atomic mass is 9.63. The molecule has 1 spiro atoms. The molecule has 2 aliphatic carbocycles. The Labute approximate surface area is 99.3 Å².